The van der Waals surface area contributed by atoms with Gasteiger partial charge in [-0.25, -0.2) is 4.79 Å². The molecule has 1 aromatic carbocycles. The van der Waals surface area contributed by atoms with E-state index < -0.39 is 0 Å². The Bertz CT molecular complexity index is 316. The Kier molecular flexibility index (Phi) is 4.61. The van der Waals surface area contributed by atoms with E-state index >= 15 is 0 Å². The van der Waals surface area contributed by atoms with Crippen LogP contribution in [0.5, 0.6) is 0 Å². The van der Waals surface area contributed by atoms with Crippen molar-refractivity contribution >= 4 is 11.8 Å². The Hall–Kier alpha value is -0.816. The third kappa shape index (κ3) is 2.67. The summed E-state index contributed by atoms with van der Waals surface area (Å²) in [4.78, 5) is 13.4. The van der Waals surface area contributed by atoms with E-state index in [1.54, 1.807) is 6.07 Å². The van der Waals surface area contributed by atoms with E-state index in [4.69, 9.17) is 0 Å². The zero-order valence-corrected chi connectivity index (χ0v) is 8.43. The molecule has 0 saturated heterocycles. The topological polar surface area (TPSA) is 29.4 Å². The van der Waals surface area contributed by atoms with Gasteiger partial charge in [0.15, 0.2) is 0 Å². The van der Waals surface area contributed by atoms with Crippen LogP contribution in [0, 0.1) is 13.8 Å². The van der Waals surface area contributed by atoms with Gasteiger partial charge in [-0.15, -0.1) is 0 Å². The molecular weight excluding hydrogens is 189 g/mol. The first kappa shape index (κ1) is 11.2. The van der Waals surface area contributed by atoms with Crippen molar-refractivity contribution in [3.05, 3.63) is 29.3 Å². The van der Waals surface area contributed by atoms with Gasteiger partial charge >= 0.3 is 0 Å². The van der Waals surface area contributed by atoms with Gasteiger partial charge in [0.2, 0.25) is 6.08 Å². The molecule has 2 nitrogen and oxygen atoms in total. The monoisotopic (exact) mass is 198 g/mol. The molecule has 0 atom stereocenters. The molecule has 12 heavy (non-hydrogen) atoms. The summed E-state index contributed by atoms with van der Waals surface area (Å²) in [6.07, 6.45) is 1.51. The molecule has 1 rings (SSSR count). The maximum Gasteiger partial charge on any atom is 0.240 e. The summed E-state index contributed by atoms with van der Waals surface area (Å²) in [6.45, 7) is 4.00. The summed E-state index contributed by atoms with van der Waals surface area (Å²) in [5.74, 6) is 0. The molecular formula is C9H9NOV. The van der Waals surface area contributed by atoms with Crippen molar-refractivity contribution in [2.24, 2.45) is 4.99 Å². The van der Waals surface area contributed by atoms with Crippen molar-refractivity contribution < 1.29 is 23.4 Å². The normalized spacial score (nSPS) is 8.17. The number of nitrogens with zero attached hydrogens (tertiary/aromatic N) is 1. The third-order valence-electron chi connectivity index (χ3n) is 1.67. The number of isocyanates is 1. The van der Waals surface area contributed by atoms with Crippen LogP contribution in [-0.2, 0) is 23.4 Å². The molecule has 1 aromatic rings. The van der Waals surface area contributed by atoms with Gasteiger partial charge < -0.3 is 0 Å². The summed E-state index contributed by atoms with van der Waals surface area (Å²) >= 11 is 0. The van der Waals surface area contributed by atoms with E-state index in [9.17, 15) is 4.79 Å². The number of aliphatic imine (C=N–C) groups is 1. The number of carbonyl (C=O) groups excluding carboxylic acids is 1. The van der Waals surface area contributed by atoms with Crippen molar-refractivity contribution in [2.75, 3.05) is 0 Å². The van der Waals surface area contributed by atoms with E-state index in [0.717, 1.165) is 5.56 Å². The van der Waals surface area contributed by atoms with Crippen molar-refractivity contribution in [3.63, 3.8) is 0 Å². The first-order valence-electron chi connectivity index (χ1n) is 3.39. The minimum absolute atomic E-state index is 0. The Labute approximate surface area is 83.6 Å². The van der Waals surface area contributed by atoms with Crippen molar-refractivity contribution in [1.82, 2.24) is 0 Å². The van der Waals surface area contributed by atoms with Crippen molar-refractivity contribution in [1.29, 1.82) is 0 Å². The fourth-order valence-electron chi connectivity index (χ4n) is 0.848. The number of benzene rings is 1. The molecule has 0 aliphatic rings. The molecule has 1 radical (unpaired) electrons. The molecule has 0 heterocycles. The SMILES string of the molecule is Cc1ccc(N=C=O)cc1C.[V]. The molecule has 0 N–H and O–H groups in total. The maximum atomic E-state index is 9.88. The van der Waals surface area contributed by atoms with E-state index in [1.807, 2.05) is 26.0 Å². The van der Waals surface area contributed by atoms with Gasteiger partial charge in [-0.3, -0.25) is 0 Å². The van der Waals surface area contributed by atoms with Crippen molar-refractivity contribution in [2.45, 2.75) is 13.8 Å². The van der Waals surface area contributed by atoms with Crippen LogP contribution in [0.4, 0.5) is 5.69 Å². The zero-order valence-electron chi connectivity index (χ0n) is 7.03. The minimum atomic E-state index is 0. The fraction of sp³-hybridized carbons (Fsp3) is 0.222. The van der Waals surface area contributed by atoms with Crippen LogP contribution < -0.4 is 0 Å². The van der Waals surface area contributed by atoms with Gasteiger partial charge in [-0.2, -0.15) is 4.99 Å². The summed E-state index contributed by atoms with van der Waals surface area (Å²) in [7, 11) is 0. The van der Waals surface area contributed by atoms with Crippen LogP contribution in [0.3, 0.4) is 0 Å². The summed E-state index contributed by atoms with van der Waals surface area (Å²) < 4.78 is 0. The number of hydrogen-bond donors (Lipinski definition) is 0. The number of rotatable bonds is 1. The summed E-state index contributed by atoms with van der Waals surface area (Å²) in [5, 5.41) is 0. The Balaban J connectivity index is 0.00000121. The molecule has 0 saturated carbocycles. The summed E-state index contributed by atoms with van der Waals surface area (Å²) in [5.41, 5.74) is 3.01. The van der Waals surface area contributed by atoms with Gasteiger partial charge in [0, 0.05) is 18.6 Å². The average Bonchev–Trinajstić information content (AvgIpc) is 1.98. The molecule has 0 unspecified atom stereocenters. The van der Waals surface area contributed by atoms with Crippen LogP contribution in [0.1, 0.15) is 11.1 Å². The molecule has 0 aliphatic carbocycles. The average molecular weight is 198 g/mol. The van der Waals surface area contributed by atoms with E-state index in [-0.39, 0.29) is 18.6 Å². The maximum absolute atomic E-state index is 9.88. The minimum Gasteiger partial charge on any atom is -0.211 e. The molecule has 61 valence electrons. The van der Waals surface area contributed by atoms with Crippen LogP contribution in [-0.4, -0.2) is 6.08 Å². The second kappa shape index (κ2) is 4.94. The predicted molar refractivity (Wildman–Crippen MR) is 43.7 cm³/mol. The van der Waals surface area contributed by atoms with E-state index in [2.05, 4.69) is 4.99 Å². The van der Waals surface area contributed by atoms with Crippen LogP contribution in [0.2, 0.25) is 0 Å². The first-order valence-corrected chi connectivity index (χ1v) is 3.39. The third-order valence-corrected chi connectivity index (χ3v) is 1.67. The Morgan fingerprint density at radius 2 is 1.92 bits per heavy atom. The Morgan fingerprint density at radius 1 is 1.25 bits per heavy atom. The molecule has 0 bridgehead atoms. The van der Waals surface area contributed by atoms with Gasteiger partial charge in [0.05, 0.1) is 5.69 Å². The fourth-order valence-corrected chi connectivity index (χ4v) is 0.848. The molecule has 0 aliphatic heterocycles. The molecule has 0 fully saturated rings. The largest absolute Gasteiger partial charge is 0.240 e. The molecule has 3 heteroatoms. The van der Waals surface area contributed by atoms with Crippen molar-refractivity contribution in [3.8, 4) is 0 Å². The Morgan fingerprint density at radius 3 is 2.42 bits per heavy atom. The van der Waals surface area contributed by atoms with Gasteiger partial charge in [-0.1, -0.05) is 6.07 Å². The number of hydrogen-bond acceptors (Lipinski definition) is 2. The molecule has 0 aromatic heterocycles. The number of aryl methyl sites for hydroxylation is 2. The van der Waals surface area contributed by atoms with Crippen LogP contribution in [0.25, 0.3) is 0 Å². The smallest absolute Gasteiger partial charge is 0.211 e. The van der Waals surface area contributed by atoms with Gasteiger partial charge in [0.25, 0.3) is 0 Å². The van der Waals surface area contributed by atoms with Crippen LogP contribution in [0.15, 0.2) is 23.2 Å². The van der Waals surface area contributed by atoms with Gasteiger partial charge in [0.1, 0.15) is 0 Å². The van der Waals surface area contributed by atoms with E-state index in [1.165, 1.54) is 11.6 Å². The summed E-state index contributed by atoms with van der Waals surface area (Å²) in [6, 6.07) is 5.60. The van der Waals surface area contributed by atoms with Gasteiger partial charge in [-0.05, 0) is 37.1 Å². The predicted octanol–water partition coefficient (Wildman–Crippen LogP) is 2.27. The second-order valence-electron chi connectivity index (χ2n) is 2.47. The standard InChI is InChI=1S/C9H9NO.V/c1-7-3-4-9(10-6-11)5-8(7)2;/h3-5H,1-2H3;. The first-order chi connectivity index (χ1) is 5.24. The quantitative estimate of drug-likeness (QED) is 0.502. The molecule has 0 spiro atoms. The van der Waals surface area contributed by atoms with Crippen LogP contribution >= 0.6 is 0 Å². The zero-order chi connectivity index (χ0) is 8.27. The van der Waals surface area contributed by atoms with E-state index in [0.29, 0.717) is 5.69 Å². The molecule has 0 amide bonds. The second-order valence-corrected chi connectivity index (χ2v) is 2.47.